The van der Waals surface area contributed by atoms with Gasteiger partial charge in [-0.15, -0.1) is 0 Å². The van der Waals surface area contributed by atoms with Crippen molar-refractivity contribution < 1.29 is 14.3 Å². The average molecular weight is 318 g/mol. The number of piperazine rings is 1. The van der Waals surface area contributed by atoms with Crippen LogP contribution in [0.15, 0.2) is 24.3 Å². The van der Waals surface area contributed by atoms with E-state index in [-0.39, 0.29) is 11.9 Å². The van der Waals surface area contributed by atoms with Gasteiger partial charge in [0.05, 0.1) is 17.9 Å². The second-order valence-electron chi connectivity index (χ2n) is 6.20. The van der Waals surface area contributed by atoms with Crippen molar-refractivity contribution >= 4 is 17.6 Å². The lowest BCUT2D eigenvalue weighted by atomic mass is 10.1. The Bertz CT molecular complexity index is 549. The fourth-order valence-corrected chi connectivity index (χ4v) is 2.81. The standard InChI is InChI=1S/C18H26N2O3/c1-4-23-18(22)15-7-5-6-8-16(15)19-9-11-20(12-10-19)17(21)13-14(2)3/h5-8,14H,4,9-13H2,1-3H3. The van der Waals surface area contributed by atoms with Crippen LogP contribution in [0.4, 0.5) is 5.69 Å². The lowest BCUT2D eigenvalue weighted by Crippen LogP contribution is -2.49. The molecule has 0 radical (unpaired) electrons. The Morgan fingerprint density at radius 3 is 2.39 bits per heavy atom. The lowest BCUT2D eigenvalue weighted by molar-refractivity contribution is -0.132. The fourth-order valence-electron chi connectivity index (χ4n) is 2.81. The molecule has 1 fully saturated rings. The largest absolute Gasteiger partial charge is 0.462 e. The van der Waals surface area contributed by atoms with Gasteiger partial charge in [0, 0.05) is 32.6 Å². The minimum atomic E-state index is -0.290. The molecular weight excluding hydrogens is 292 g/mol. The first-order valence-corrected chi connectivity index (χ1v) is 8.31. The van der Waals surface area contributed by atoms with Crippen LogP contribution >= 0.6 is 0 Å². The monoisotopic (exact) mass is 318 g/mol. The van der Waals surface area contributed by atoms with Gasteiger partial charge in [-0.1, -0.05) is 26.0 Å². The molecule has 0 N–H and O–H groups in total. The molecule has 0 atom stereocenters. The predicted octanol–water partition coefficient (Wildman–Crippen LogP) is 2.56. The molecule has 0 spiro atoms. The number of carbonyl (C=O) groups is 2. The van der Waals surface area contributed by atoms with Crippen LogP contribution in [0.25, 0.3) is 0 Å². The van der Waals surface area contributed by atoms with Gasteiger partial charge < -0.3 is 14.5 Å². The molecule has 126 valence electrons. The summed E-state index contributed by atoms with van der Waals surface area (Å²) in [5, 5.41) is 0. The van der Waals surface area contributed by atoms with E-state index in [2.05, 4.69) is 18.7 Å². The van der Waals surface area contributed by atoms with E-state index >= 15 is 0 Å². The Balaban J connectivity index is 2.03. The number of hydrogen-bond acceptors (Lipinski definition) is 4. The van der Waals surface area contributed by atoms with Gasteiger partial charge in [0.2, 0.25) is 5.91 Å². The van der Waals surface area contributed by atoms with Crippen molar-refractivity contribution in [2.75, 3.05) is 37.7 Å². The zero-order chi connectivity index (χ0) is 16.8. The molecule has 0 bridgehead atoms. The summed E-state index contributed by atoms with van der Waals surface area (Å²) in [5.74, 6) is 0.310. The SMILES string of the molecule is CCOC(=O)c1ccccc1N1CCN(C(=O)CC(C)C)CC1. The van der Waals surface area contributed by atoms with Gasteiger partial charge in [0.15, 0.2) is 0 Å². The lowest BCUT2D eigenvalue weighted by Gasteiger charge is -2.37. The molecule has 2 rings (SSSR count). The van der Waals surface area contributed by atoms with Gasteiger partial charge in [-0.05, 0) is 25.0 Å². The van der Waals surface area contributed by atoms with E-state index in [0.717, 1.165) is 18.8 Å². The molecule has 1 heterocycles. The maximum Gasteiger partial charge on any atom is 0.340 e. The summed E-state index contributed by atoms with van der Waals surface area (Å²) in [6.07, 6.45) is 0.597. The molecule has 1 saturated heterocycles. The zero-order valence-electron chi connectivity index (χ0n) is 14.2. The van der Waals surface area contributed by atoms with Crippen molar-refractivity contribution in [3.8, 4) is 0 Å². The summed E-state index contributed by atoms with van der Waals surface area (Å²) in [7, 11) is 0. The van der Waals surface area contributed by atoms with E-state index in [1.807, 2.05) is 23.1 Å². The Labute approximate surface area is 138 Å². The second-order valence-corrected chi connectivity index (χ2v) is 6.20. The summed E-state index contributed by atoms with van der Waals surface area (Å²) >= 11 is 0. The number of carbonyl (C=O) groups excluding carboxylic acids is 2. The third-order valence-corrected chi connectivity index (χ3v) is 3.96. The van der Waals surface area contributed by atoms with Crippen molar-refractivity contribution in [3.05, 3.63) is 29.8 Å². The van der Waals surface area contributed by atoms with Crippen LogP contribution in [0.5, 0.6) is 0 Å². The predicted molar refractivity (Wildman–Crippen MR) is 90.6 cm³/mol. The van der Waals surface area contributed by atoms with Crippen LogP contribution in [-0.4, -0.2) is 49.6 Å². The van der Waals surface area contributed by atoms with Crippen molar-refractivity contribution in [2.24, 2.45) is 5.92 Å². The summed E-state index contributed by atoms with van der Waals surface area (Å²) in [6.45, 7) is 9.16. The van der Waals surface area contributed by atoms with E-state index < -0.39 is 0 Å². The molecule has 0 saturated carbocycles. The molecular formula is C18H26N2O3. The van der Waals surface area contributed by atoms with Crippen LogP contribution in [-0.2, 0) is 9.53 Å². The molecule has 1 aromatic carbocycles. The van der Waals surface area contributed by atoms with Crippen LogP contribution in [0.1, 0.15) is 37.6 Å². The Morgan fingerprint density at radius 2 is 1.78 bits per heavy atom. The zero-order valence-corrected chi connectivity index (χ0v) is 14.2. The molecule has 0 aromatic heterocycles. The smallest absolute Gasteiger partial charge is 0.340 e. The van der Waals surface area contributed by atoms with Gasteiger partial charge in [-0.3, -0.25) is 4.79 Å². The van der Waals surface area contributed by atoms with Crippen molar-refractivity contribution in [2.45, 2.75) is 27.2 Å². The van der Waals surface area contributed by atoms with Gasteiger partial charge >= 0.3 is 5.97 Å². The van der Waals surface area contributed by atoms with Crippen LogP contribution in [0.2, 0.25) is 0 Å². The van der Waals surface area contributed by atoms with Gasteiger partial charge in [-0.25, -0.2) is 4.79 Å². The first-order chi connectivity index (χ1) is 11.0. The van der Waals surface area contributed by atoms with E-state index in [1.54, 1.807) is 13.0 Å². The van der Waals surface area contributed by atoms with Gasteiger partial charge in [-0.2, -0.15) is 0 Å². The van der Waals surface area contributed by atoms with Crippen LogP contribution < -0.4 is 4.90 Å². The molecule has 1 aliphatic heterocycles. The minimum absolute atomic E-state index is 0.221. The van der Waals surface area contributed by atoms with Crippen molar-refractivity contribution in [1.82, 2.24) is 4.90 Å². The van der Waals surface area contributed by atoms with E-state index in [0.29, 0.717) is 37.6 Å². The Hall–Kier alpha value is -2.04. The first kappa shape index (κ1) is 17.3. The number of para-hydroxylation sites is 1. The van der Waals surface area contributed by atoms with Crippen LogP contribution in [0, 0.1) is 5.92 Å². The highest BCUT2D eigenvalue weighted by atomic mass is 16.5. The molecule has 1 amide bonds. The normalized spacial score (nSPS) is 15.0. The molecule has 1 aliphatic rings. The van der Waals surface area contributed by atoms with Crippen molar-refractivity contribution in [3.63, 3.8) is 0 Å². The van der Waals surface area contributed by atoms with Gasteiger partial charge in [0.1, 0.15) is 0 Å². The highest BCUT2D eigenvalue weighted by Crippen LogP contribution is 2.23. The highest BCUT2D eigenvalue weighted by molar-refractivity contribution is 5.96. The summed E-state index contributed by atoms with van der Waals surface area (Å²) < 4.78 is 5.13. The van der Waals surface area contributed by atoms with Gasteiger partial charge in [0.25, 0.3) is 0 Å². The summed E-state index contributed by atoms with van der Waals surface area (Å²) in [6, 6.07) is 7.51. The summed E-state index contributed by atoms with van der Waals surface area (Å²) in [5.41, 5.74) is 1.48. The van der Waals surface area contributed by atoms with Crippen LogP contribution in [0.3, 0.4) is 0 Å². The topological polar surface area (TPSA) is 49.9 Å². The summed E-state index contributed by atoms with van der Waals surface area (Å²) in [4.78, 5) is 28.3. The number of ether oxygens (including phenoxy) is 1. The number of anilines is 1. The fraction of sp³-hybridized carbons (Fsp3) is 0.556. The maximum absolute atomic E-state index is 12.1. The molecule has 23 heavy (non-hydrogen) atoms. The van der Waals surface area contributed by atoms with E-state index in [4.69, 9.17) is 4.74 Å². The average Bonchev–Trinajstić information content (AvgIpc) is 2.54. The first-order valence-electron chi connectivity index (χ1n) is 8.31. The minimum Gasteiger partial charge on any atom is -0.462 e. The number of amides is 1. The number of esters is 1. The number of benzene rings is 1. The third-order valence-electron chi connectivity index (χ3n) is 3.96. The molecule has 1 aromatic rings. The number of nitrogens with zero attached hydrogens (tertiary/aromatic N) is 2. The molecule has 5 nitrogen and oxygen atoms in total. The Morgan fingerprint density at radius 1 is 1.13 bits per heavy atom. The quantitative estimate of drug-likeness (QED) is 0.783. The molecule has 0 unspecified atom stereocenters. The number of hydrogen-bond donors (Lipinski definition) is 0. The number of rotatable bonds is 5. The molecule has 0 aliphatic carbocycles. The third kappa shape index (κ3) is 4.47. The highest BCUT2D eigenvalue weighted by Gasteiger charge is 2.24. The Kier molecular flexibility index (Phi) is 6.02. The maximum atomic E-state index is 12.1. The van der Waals surface area contributed by atoms with Crippen molar-refractivity contribution in [1.29, 1.82) is 0 Å². The van der Waals surface area contributed by atoms with E-state index in [1.165, 1.54) is 0 Å². The van der Waals surface area contributed by atoms with E-state index in [9.17, 15) is 9.59 Å². The molecule has 5 heteroatoms. The second kappa shape index (κ2) is 7.99.